The van der Waals surface area contributed by atoms with Crippen molar-refractivity contribution in [1.29, 1.82) is 0 Å². The fourth-order valence-corrected chi connectivity index (χ4v) is 11.1. The van der Waals surface area contributed by atoms with Gasteiger partial charge in [-0.05, 0) is 77.0 Å². The lowest BCUT2D eigenvalue weighted by molar-refractivity contribution is -0.167. The minimum Gasteiger partial charge on any atom is -0.462 e. The predicted octanol–water partition coefficient (Wildman–Crippen LogP) is 25.1. The molecular formula is C75H140O6. The summed E-state index contributed by atoms with van der Waals surface area (Å²) in [6, 6.07) is 0. The molecule has 0 aromatic heterocycles. The van der Waals surface area contributed by atoms with Gasteiger partial charge in [-0.3, -0.25) is 14.4 Å². The summed E-state index contributed by atoms with van der Waals surface area (Å²) in [7, 11) is 0. The molecule has 0 amide bonds. The van der Waals surface area contributed by atoms with Crippen LogP contribution in [0.3, 0.4) is 0 Å². The Morgan fingerprint density at radius 1 is 0.247 bits per heavy atom. The fraction of sp³-hybridized carbons (Fsp3) is 0.880. The molecule has 0 bridgehead atoms. The maximum absolute atomic E-state index is 12.9. The van der Waals surface area contributed by atoms with E-state index in [0.717, 1.165) is 70.6 Å². The van der Waals surface area contributed by atoms with Crippen molar-refractivity contribution in [1.82, 2.24) is 0 Å². The van der Waals surface area contributed by atoms with Crippen LogP contribution in [0.25, 0.3) is 0 Å². The Labute approximate surface area is 506 Å². The van der Waals surface area contributed by atoms with Crippen LogP contribution in [0.15, 0.2) is 36.5 Å². The molecule has 6 heteroatoms. The third-order valence-corrected chi connectivity index (χ3v) is 16.6. The number of ether oxygens (including phenoxy) is 3. The molecule has 0 aromatic carbocycles. The first kappa shape index (κ1) is 78.6. The van der Waals surface area contributed by atoms with Gasteiger partial charge < -0.3 is 14.2 Å². The van der Waals surface area contributed by atoms with E-state index in [-0.39, 0.29) is 31.1 Å². The molecule has 81 heavy (non-hydrogen) atoms. The molecule has 0 aliphatic carbocycles. The number of hydrogen-bond donors (Lipinski definition) is 0. The Kier molecular flexibility index (Phi) is 68.1. The summed E-state index contributed by atoms with van der Waals surface area (Å²) in [6.07, 6.45) is 87.6. The molecule has 0 fully saturated rings. The molecular weight excluding hydrogens is 997 g/mol. The maximum Gasteiger partial charge on any atom is 0.306 e. The number of unbranched alkanes of at least 4 members (excludes halogenated alkanes) is 51. The Morgan fingerprint density at radius 3 is 0.704 bits per heavy atom. The molecule has 476 valence electrons. The zero-order valence-electron chi connectivity index (χ0n) is 54.8. The number of hydrogen-bond acceptors (Lipinski definition) is 6. The van der Waals surface area contributed by atoms with Gasteiger partial charge >= 0.3 is 17.9 Å². The van der Waals surface area contributed by atoms with Crippen LogP contribution >= 0.6 is 0 Å². The quantitative estimate of drug-likeness (QED) is 0.0261. The van der Waals surface area contributed by atoms with Gasteiger partial charge in [-0.1, -0.05) is 346 Å². The van der Waals surface area contributed by atoms with Crippen LogP contribution in [-0.4, -0.2) is 37.2 Å². The van der Waals surface area contributed by atoms with Gasteiger partial charge in [0.05, 0.1) is 0 Å². The summed E-state index contributed by atoms with van der Waals surface area (Å²) < 4.78 is 17.0. The number of carbonyl (C=O) groups excluding carboxylic acids is 3. The first-order valence-corrected chi connectivity index (χ1v) is 36.5. The predicted molar refractivity (Wildman–Crippen MR) is 353 cm³/mol. The molecule has 6 nitrogen and oxygen atoms in total. The highest BCUT2D eigenvalue weighted by Crippen LogP contribution is 2.19. The fourth-order valence-electron chi connectivity index (χ4n) is 11.1. The molecule has 0 aromatic rings. The lowest BCUT2D eigenvalue weighted by Gasteiger charge is -2.18. The molecule has 0 heterocycles. The lowest BCUT2D eigenvalue weighted by atomic mass is 10.0. The highest BCUT2D eigenvalue weighted by Gasteiger charge is 2.19. The lowest BCUT2D eigenvalue weighted by Crippen LogP contribution is -2.30. The molecule has 1 atom stereocenters. The van der Waals surface area contributed by atoms with Crippen LogP contribution in [-0.2, 0) is 28.6 Å². The zero-order valence-corrected chi connectivity index (χ0v) is 54.8. The van der Waals surface area contributed by atoms with Gasteiger partial charge in [0.15, 0.2) is 6.10 Å². The van der Waals surface area contributed by atoms with Crippen LogP contribution in [0, 0.1) is 0 Å². The average molecular weight is 1140 g/mol. The maximum atomic E-state index is 12.9. The Hall–Kier alpha value is -2.37. The monoisotopic (exact) mass is 1140 g/mol. The molecule has 0 radical (unpaired) electrons. The zero-order chi connectivity index (χ0) is 58.5. The highest BCUT2D eigenvalue weighted by atomic mass is 16.6. The van der Waals surface area contributed by atoms with Crippen molar-refractivity contribution in [2.75, 3.05) is 13.2 Å². The second-order valence-electron chi connectivity index (χ2n) is 24.9. The smallest absolute Gasteiger partial charge is 0.306 e. The van der Waals surface area contributed by atoms with E-state index in [2.05, 4.69) is 57.2 Å². The molecule has 0 aliphatic rings. The van der Waals surface area contributed by atoms with E-state index in [9.17, 15) is 14.4 Å². The Bertz CT molecular complexity index is 1350. The van der Waals surface area contributed by atoms with Crippen molar-refractivity contribution in [2.45, 2.75) is 412 Å². The van der Waals surface area contributed by atoms with Gasteiger partial charge in [0.25, 0.3) is 0 Å². The third kappa shape index (κ3) is 68.3. The van der Waals surface area contributed by atoms with Crippen LogP contribution in [0.5, 0.6) is 0 Å². The van der Waals surface area contributed by atoms with Crippen molar-refractivity contribution >= 4 is 17.9 Å². The molecule has 0 spiro atoms. The van der Waals surface area contributed by atoms with Gasteiger partial charge in [-0.15, -0.1) is 0 Å². The van der Waals surface area contributed by atoms with Crippen molar-refractivity contribution in [3.05, 3.63) is 36.5 Å². The topological polar surface area (TPSA) is 78.9 Å². The van der Waals surface area contributed by atoms with Crippen molar-refractivity contribution < 1.29 is 28.6 Å². The first-order valence-electron chi connectivity index (χ1n) is 36.5. The second-order valence-corrected chi connectivity index (χ2v) is 24.9. The number of carbonyl (C=O) groups is 3. The summed E-state index contributed by atoms with van der Waals surface area (Å²) in [4.78, 5) is 38.4. The van der Waals surface area contributed by atoms with Crippen molar-refractivity contribution in [2.24, 2.45) is 0 Å². The van der Waals surface area contributed by atoms with Gasteiger partial charge in [-0.25, -0.2) is 0 Å². The van der Waals surface area contributed by atoms with Crippen LogP contribution < -0.4 is 0 Å². The third-order valence-electron chi connectivity index (χ3n) is 16.6. The Morgan fingerprint density at radius 2 is 0.444 bits per heavy atom. The first-order chi connectivity index (χ1) is 40.0. The summed E-state index contributed by atoms with van der Waals surface area (Å²) in [5.74, 6) is -0.847. The summed E-state index contributed by atoms with van der Waals surface area (Å²) in [6.45, 7) is 6.68. The van der Waals surface area contributed by atoms with E-state index in [0.29, 0.717) is 19.3 Å². The second kappa shape index (κ2) is 70.1. The number of allylic oxidation sites excluding steroid dienone is 6. The van der Waals surface area contributed by atoms with Crippen molar-refractivity contribution in [3.8, 4) is 0 Å². The van der Waals surface area contributed by atoms with E-state index < -0.39 is 6.10 Å². The summed E-state index contributed by atoms with van der Waals surface area (Å²) in [5.41, 5.74) is 0. The minimum atomic E-state index is -0.772. The molecule has 0 aliphatic heterocycles. The van der Waals surface area contributed by atoms with Crippen LogP contribution in [0.4, 0.5) is 0 Å². The molecule has 0 saturated heterocycles. The van der Waals surface area contributed by atoms with Gasteiger partial charge in [0.1, 0.15) is 13.2 Å². The van der Waals surface area contributed by atoms with Gasteiger partial charge in [-0.2, -0.15) is 0 Å². The van der Waals surface area contributed by atoms with Crippen LogP contribution in [0.1, 0.15) is 406 Å². The molecule has 1 unspecified atom stereocenters. The number of esters is 3. The SMILES string of the molecule is CCCCCC/C=C\CCCCCCCC(=O)OCC(COC(=O)CCCCCCCCCCCCCCCCCCCCCCC/C=C\C/C=C\CCCCCCC)OC(=O)CCCCCCCCCCCCCCCCCCC. The van der Waals surface area contributed by atoms with Crippen molar-refractivity contribution in [3.63, 3.8) is 0 Å². The number of rotatable bonds is 68. The van der Waals surface area contributed by atoms with E-state index in [4.69, 9.17) is 14.2 Å². The van der Waals surface area contributed by atoms with E-state index >= 15 is 0 Å². The molecule has 0 rings (SSSR count). The largest absolute Gasteiger partial charge is 0.462 e. The van der Waals surface area contributed by atoms with Crippen LogP contribution in [0.2, 0.25) is 0 Å². The van der Waals surface area contributed by atoms with Gasteiger partial charge in [0, 0.05) is 19.3 Å². The van der Waals surface area contributed by atoms with Gasteiger partial charge in [0.2, 0.25) is 0 Å². The van der Waals surface area contributed by atoms with E-state index in [1.54, 1.807) is 0 Å². The standard InChI is InChI=1S/C75H140O6/c1-4-7-10-13-16-19-22-25-27-29-30-31-32-33-34-35-36-37-38-39-40-41-42-43-44-46-47-50-53-56-59-62-65-68-74(77)80-71-72(70-79-73(76)67-64-61-58-55-52-49-24-21-18-15-12-9-6-3)81-75(78)69-66-63-60-57-54-51-48-45-28-26-23-20-17-14-11-8-5-2/h21-22,24-25,29-30,72H,4-20,23,26-28,31-71H2,1-3H3/b24-21-,25-22-,30-29-. The summed E-state index contributed by atoms with van der Waals surface area (Å²) in [5, 5.41) is 0. The minimum absolute atomic E-state index is 0.0681. The average Bonchev–Trinajstić information content (AvgIpc) is 3.46. The Balaban J connectivity index is 4.10. The summed E-state index contributed by atoms with van der Waals surface area (Å²) >= 11 is 0. The highest BCUT2D eigenvalue weighted by molar-refractivity contribution is 5.71. The normalized spacial score (nSPS) is 12.2. The molecule has 0 N–H and O–H groups in total. The molecule has 0 saturated carbocycles. The van der Waals surface area contributed by atoms with E-state index in [1.807, 2.05) is 0 Å². The van der Waals surface area contributed by atoms with E-state index in [1.165, 1.54) is 295 Å².